The first-order chi connectivity index (χ1) is 10.5. The van der Waals surface area contributed by atoms with Crippen LogP contribution in [-0.4, -0.2) is 38.9 Å². The topological polar surface area (TPSA) is 159 Å². The van der Waals surface area contributed by atoms with E-state index >= 15 is 0 Å². The van der Waals surface area contributed by atoms with E-state index < -0.39 is 29.2 Å². The summed E-state index contributed by atoms with van der Waals surface area (Å²) in [6, 6.07) is 4.26. The van der Waals surface area contributed by atoms with Gasteiger partial charge in [0.2, 0.25) is 5.43 Å². The standard InChI is InChI=1S/C13H12N4O5/c14-17-16-5-10(18)11(19)6-1-2-9-7(3-6)12(20)8(4-15-9)13(21)22/h1-4,10-11,18-19H,5H2,(H,15,20)(H,21,22). The van der Waals surface area contributed by atoms with E-state index in [0.29, 0.717) is 5.52 Å². The van der Waals surface area contributed by atoms with Gasteiger partial charge in [-0.2, -0.15) is 0 Å². The van der Waals surface area contributed by atoms with Crippen LogP contribution in [0.1, 0.15) is 22.0 Å². The third kappa shape index (κ3) is 2.91. The molecule has 2 rings (SSSR count). The number of H-pyrrole nitrogens is 1. The van der Waals surface area contributed by atoms with Crippen molar-refractivity contribution in [3.63, 3.8) is 0 Å². The molecule has 1 aromatic carbocycles. The highest BCUT2D eigenvalue weighted by Gasteiger charge is 2.19. The number of azide groups is 1. The fourth-order valence-corrected chi connectivity index (χ4v) is 2.02. The van der Waals surface area contributed by atoms with Gasteiger partial charge in [-0.3, -0.25) is 4.79 Å². The number of hydrogen-bond donors (Lipinski definition) is 4. The number of rotatable bonds is 5. The number of benzene rings is 1. The molecule has 2 atom stereocenters. The minimum absolute atomic E-state index is 0.0763. The molecule has 0 spiro atoms. The van der Waals surface area contributed by atoms with Crippen molar-refractivity contribution < 1.29 is 20.1 Å². The lowest BCUT2D eigenvalue weighted by Gasteiger charge is -2.16. The lowest BCUT2D eigenvalue weighted by atomic mass is 10.0. The van der Waals surface area contributed by atoms with E-state index in [2.05, 4.69) is 15.0 Å². The van der Waals surface area contributed by atoms with E-state index in [4.69, 9.17) is 10.6 Å². The zero-order chi connectivity index (χ0) is 16.3. The van der Waals surface area contributed by atoms with Gasteiger partial charge in [-0.05, 0) is 23.2 Å². The van der Waals surface area contributed by atoms with Gasteiger partial charge in [-0.15, -0.1) is 0 Å². The second-order valence-corrected chi connectivity index (χ2v) is 4.57. The lowest BCUT2D eigenvalue weighted by Crippen LogP contribution is -2.21. The van der Waals surface area contributed by atoms with Crippen LogP contribution in [-0.2, 0) is 0 Å². The first kappa shape index (κ1) is 15.5. The summed E-state index contributed by atoms with van der Waals surface area (Å²) >= 11 is 0. The molecule has 0 aliphatic rings. The number of carbonyl (C=O) groups is 1. The molecule has 22 heavy (non-hydrogen) atoms. The summed E-state index contributed by atoms with van der Waals surface area (Å²) in [5, 5.41) is 31.8. The summed E-state index contributed by atoms with van der Waals surface area (Å²) in [6.07, 6.45) is -1.61. The van der Waals surface area contributed by atoms with Gasteiger partial charge in [0.15, 0.2) is 0 Å². The smallest absolute Gasteiger partial charge is 0.341 e. The molecule has 0 saturated heterocycles. The van der Waals surface area contributed by atoms with E-state index in [1.54, 1.807) is 0 Å². The number of aliphatic hydroxyl groups excluding tert-OH is 2. The Morgan fingerprint density at radius 3 is 2.77 bits per heavy atom. The molecule has 0 amide bonds. The van der Waals surface area contributed by atoms with Gasteiger partial charge in [-0.25, -0.2) is 4.79 Å². The molecule has 9 heteroatoms. The van der Waals surface area contributed by atoms with E-state index in [1.807, 2.05) is 0 Å². The van der Waals surface area contributed by atoms with Gasteiger partial charge in [0.25, 0.3) is 0 Å². The summed E-state index contributed by atoms with van der Waals surface area (Å²) in [6.45, 7) is -0.332. The predicted octanol–water partition coefficient (Wildman–Crippen LogP) is 0.931. The Hall–Kier alpha value is -2.87. The second kappa shape index (κ2) is 6.27. The number of hydrogen-bond acceptors (Lipinski definition) is 5. The molecule has 0 saturated carbocycles. The molecule has 0 fully saturated rings. The average Bonchev–Trinajstić information content (AvgIpc) is 2.51. The summed E-state index contributed by atoms with van der Waals surface area (Å²) in [7, 11) is 0. The van der Waals surface area contributed by atoms with Crippen molar-refractivity contribution in [1.29, 1.82) is 0 Å². The van der Waals surface area contributed by atoms with Crippen molar-refractivity contribution in [1.82, 2.24) is 4.98 Å². The van der Waals surface area contributed by atoms with Crippen molar-refractivity contribution in [2.24, 2.45) is 5.11 Å². The highest BCUT2D eigenvalue weighted by molar-refractivity contribution is 5.92. The Labute approximate surface area is 123 Å². The van der Waals surface area contributed by atoms with Crippen LogP contribution >= 0.6 is 0 Å². The molecule has 0 radical (unpaired) electrons. The van der Waals surface area contributed by atoms with Gasteiger partial charge in [0, 0.05) is 22.0 Å². The third-order valence-corrected chi connectivity index (χ3v) is 3.17. The zero-order valence-electron chi connectivity index (χ0n) is 11.2. The Morgan fingerprint density at radius 2 is 2.14 bits per heavy atom. The van der Waals surface area contributed by atoms with Gasteiger partial charge < -0.3 is 20.3 Å². The monoisotopic (exact) mass is 304 g/mol. The molecule has 114 valence electrons. The minimum Gasteiger partial charge on any atom is -0.477 e. The quantitative estimate of drug-likeness (QED) is 0.366. The van der Waals surface area contributed by atoms with Crippen LogP contribution in [0.4, 0.5) is 0 Å². The number of aromatic nitrogens is 1. The molecule has 0 aliphatic heterocycles. The summed E-state index contributed by atoms with van der Waals surface area (Å²) in [4.78, 5) is 28.2. The molecule has 2 unspecified atom stereocenters. The molecule has 9 nitrogen and oxygen atoms in total. The molecule has 2 aromatic rings. The fraction of sp³-hybridized carbons (Fsp3) is 0.231. The van der Waals surface area contributed by atoms with Gasteiger partial charge in [0.05, 0.1) is 12.6 Å². The van der Waals surface area contributed by atoms with Crippen LogP contribution in [0.3, 0.4) is 0 Å². The van der Waals surface area contributed by atoms with E-state index in [1.165, 1.54) is 18.2 Å². The minimum atomic E-state index is -1.37. The summed E-state index contributed by atoms with van der Waals surface area (Å²) < 4.78 is 0. The highest BCUT2D eigenvalue weighted by atomic mass is 16.4. The normalized spacial score (nSPS) is 13.4. The number of fused-ring (bicyclic) bond motifs is 1. The maximum absolute atomic E-state index is 12.1. The van der Waals surface area contributed by atoms with Crippen molar-refractivity contribution in [3.05, 3.63) is 56.2 Å². The van der Waals surface area contributed by atoms with Gasteiger partial charge >= 0.3 is 5.97 Å². The van der Waals surface area contributed by atoms with Crippen molar-refractivity contribution in [2.75, 3.05) is 6.54 Å². The molecule has 0 aliphatic carbocycles. The number of aromatic amines is 1. The summed E-state index contributed by atoms with van der Waals surface area (Å²) in [5.74, 6) is -1.36. The molecule has 1 aromatic heterocycles. The van der Waals surface area contributed by atoms with Gasteiger partial charge in [0.1, 0.15) is 11.7 Å². The van der Waals surface area contributed by atoms with Crippen molar-refractivity contribution in [2.45, 2.75) is 12.2 Å². The Kier molecular flexibility index (Phi) is 4.42. The number of aliphatic hydroxyl groups is 2. The maximum Gasteiger partial charge on any atom is 0.341 e. The van der Waals surface area contributed by atoms with Crippen molar-refractivity contribution in [3.8, 4) is 0 Å². The van der Waals surface area contributed by atoms with E-state index in [0.717, 1.165) is 6.20 Å². The number of carboxylic acid groups (broad SMARTS) is 1. The Morgan fingerprint density at radius 1 is 1.41 bits per heavy atom. The zero-order valence-corrected chi connectivity index (χ0v) is 11.2. The fourth-order valence-electron chi connectivity index (χ4n) is 2.02. The van der Waals surface area contributed by atoms with Crippen LogP contribution in [0.25, 0.3) is 21.3 Å². The number of nitrogens with zero attached hydrogens (tertiary/aromatic N) is 3. The highest BCUT2D eigenvalue weighted by Crippen LogP contribution is 2.20. The second-order valence-electron chi connectivity index (χ2n) is 4.57. The molecular weight excluding hydrogens is 292 g/mol. The number of nitrogens with one attached hydrogen (secondary N) is 1. The lowest BCUT2D eigenvalue weighted by molar-refractivity contribution is 0.0245. The van der Waals surface area contributed by atoms with E-state index in [-0.39, 0.29) is 17.5 Å². The van der Waals surface area contributed by atoms with Crippen LogP contribution < -0.4 is 5.43 Å². The number of aromatic carboxylic acids is 1. The van der Waals surface area contributed by atoms with Crippen LogP contribution in [0.5, 0.6) is 0 Å². The first-order valence-corrected chi connectivity index (χ1v) is 6.21. The Bertz CT molecular complexity index is 825. The largest absolute Gasteiger partial charge is 0.477 e. The first-order valence-electron chi connectivity index (χ1n) is 6.21. The van der Waals surface area contributed by atoms with Crippen LogP contribution in [0, 0.1) is 0 Å². The predicted molar refractivity (Wildman–Crippen MR) is 76.5 cm³/mol. The Balaban J connectivity index is 2.49. The molecular formula is C13H12N4O5. The van der Waals surface area contributed by atoms with Gasteiger partial charge in [-0.1, -0.05) is 11.2 Å². The molecule has 0 bridgehead atoms. The summed E-state index contributed by atoms with van der Waals surface area (Å²) in [5.41, 5.74) is 7.68. The van der Waals surface area contributed by atoms with Crippen LogP contribution in [0.15, 0.2) is 34.3 Å². The SMILES string of the molecule is [N-]=[N+]=NCC(O)C(O)c1ccc2[nH]cc(C(=O)O)c(=O)c2c1. The average molecular weight is 304 g/mol. The molecule has 4 N–H and O–H groups in total. The van der Waals surface area contributed by atoms with E-state index in [9.17, 15) is 19.8 Å². The third-order valence-electron chi connectivity index (χ3n) is 3.17. The maximum atomic E-state index is 12.1. The van der Waals surface area contributed by atoms with Crippen molar-refractivity contribution >= 4 is 16.9 Å². The van der Waals surface area contributed by atoms with Crippen LogP contribution in [0.2, 0.25) is 0 Å². The number of pyridine rings is 1. The molecule has 1 heterocycles. The number of carboxylic acids is 1.